The van der Waals surface area contributed by atoms with Crippen molar-refractivity contribution in [2.24, 2.45) is 0 Å². The molecular weight excluding hydrogens is 510 g/mol. The largest absolute Gasteiger partial charge is 0.493 e. The average molecular weight is 538 g/mol. The Morgan fingerprint density at radius 2 is 1.64 bits per heavy atom. The molecule has 0 heterocycles. The fourth-order valence-electron chi connectivity index (χ4n) is 2.88. The Hall–Kier alpha value is -2.85. The second-order valence-electron chi connectivity index (χ2n) is 6.98. The number of amides is 2. The average Bonchev–Trinajstić information content (AvgIpc) is 2.82. The van der Waals surface area contributed by atoms with Crippen LogP contribution in [0, 0.1) is 0 Å². The third kappa shape index (κ3) is 8.21. The van der Waals surface area contributed by atoms with Gasteiger partial charge in [0.25, 0.3) is 11.8 Å². The van der Waals surface area contributed by atoms with Gasteiger partial charge in [0.05, 0.1) is 26.4 Å². The van der Waals surface area contributed by atoms with Gasteiger partial charge in [0.1, 0.15) is 5.75 Å². The summed E-state index contributed by atoms with van der Waals surface area (Å²) in [4.78, 5) is 25.1. The van der Waals surface area contributed by atoms with Crippen LogP contribution in [0.25, 0.3) is 0 Å². The molecule has 0 aliphatic carbocycles. The number of unbranched alkanes of at least 4 members (excludes halogenated alkanes) is 3. The summed E-state index contributed by atoms with van der Waals surface area (Å²) in [5.41, 5.74) is 5.61. The molecular formula is C23H28BrN3O5S. The molecule has 10 heteroatoms. The number of thiocarbonyl (C=S) groups is 1. The minimum Gasteiger partial charge on any atom is -0.493 e. The molecule has 0 saturated carbocycles. The molecule has 0 bridgehead atoms. The van der Waals surface area contributed by atoms with E-state index in [1.807, 2.05) is 0 Å². The lowest BCUT2D eigenvalue weighted by atomic mass is 10.2. The van der Waals surface area contributed by atoms with Crippen LogP contribution in [-0.4, -0.2) is 37.8 Å². The van der Waals surface area contributed by atoms with Crippen molar-refractivity contribution in [3.63, 3.8) is 0 Å². The minimum absolute atomic E-state index is 0.0669. The summed E-state index contributed by atoms with van der Waals surface area (Å²) in [5.74, 6) is 0.452. The fourth-order valence-corrected chi connectivity index (χ4v) is 3.39. The first kappa shape index (κ1) is 26.4. The zero-order valence-corrected chi connectivity index (χ0v) is 21.2. The van der Waals surface area contributed by atoms with Crippen molar-refractivity contribution in [1.82, 2.24) is 16.2 Å². The van der Waals surface area contributed by atoms with E-state index >= 15 is 0 Å². The molecule has 2 aromatic carbocycles. The molecule has 0 saturated heterocycles. The van der Waals surface area contributed by atoms with Crippen molar-refractivity contribution in [2.45, 2.75) is 32.6 Å². The van der Waals surface area contributed by atoms with Crippen molar-refractivity contribution in [2.75, 3.05) is 20.8 Å². The van der Waals surface area contributed by atoms with Crippen LogP contribution in [0.15, 0.2) is 40.9 Å². The molecule has 0 aliphatic heterocycles. The van der Waals surface area contributed by atoms with Crippen LogP contribution >= 0.6 is 28.1 Å². The smallest absolute Gasteiger partial charge is 0.269 e. The van der Waals surface area contributed by atoms with Crippen LogP contribution in [0.4, 0.5) is 0 Å². The summed E-state index contributed by atoms with van der Waals surface area (Å²) in [6, 6.07) is 9.91. The number of carbonyl (C=O) groups is 2. The predicted octanol–water partition coefficient (Wildman–Crippen LogP) is 4.37. The number of methoxy groups -OCH3 is 2. The van der Waals surface area contributed by atoms with Gasteiger partial charge in [-0.15, -0.1) is 0 Å². The zero-order chi connectivity index (χ0) is 24.2. The molecule has 0 aliphatic rings. The first-order chi connectivity index (χ1) is 15.9. The van der Waals surface area contributed by atoms with Crippen LogP contribution in [0.2, 0.25) is 0 Å². The van der Waals surface area contributed by atoms with Crippen LogP contribution in [0.5, 0.6) is 17.2 Å². The molecule has 0 fully saturated rings. The van der Waals surface area contributed by atoms with Crippen molar-refractivity contribution in [3.8, 4) is 17.2 Å². The van der Waals surface area contributed by atoms with E-state index in [-0.39, 0.29) is 5.11 Å². The van der Waals surface area contributed by atoms with Gasteiger partial charge in [0.15, 0.2) is 16.6 Å². The van der Waals surface area contributed by atoms with Gasteiger partial charge in [0.2, 0.25) is 0 Å². The number of rotatable bonds is 10. The number of benzene rings is 2. The highest BCUT2D eigenvalue weighted by atomic mass is 79.9. The minimum atomic E-state index is -0.467. The van der Waals surface area contributed by atoms with Crippen LogP contribution < -0.4 is 30.4 Å². The molecule has 0 radical (unpaired) electrons. The molecule has 33 heavy (non-hydrogen) atoms. The van der Waals surface area contributed by atoms with Crippen LogP contribution in [0.3, 0.4) is 0 Å². The lowest BCUT2D eigenvalue weighted by Gasteiger charge is -2.14. The maximum Gasteiger partial charge on any atom is 0.269 e. The Balaban J connectivity index is 1.94. The topological polar surface area (TPSA) is 97.9 Å². The quantitative estimate of drug-likeness (QED) is 0.235. The van der Waals surface area contributed by atoms with Gasteiger partial charge in [-0.05, 0) is 55.0 Å². The highest BCUT2D eigenvalue weighted by Gasteiger charge is 2.16. The number of hydrogen-bond acceptors (Lipinski definition) is 6. The Morgan fingerprint density at radius 3 is 2.33 bits per heavy atom. The maximum atomic E-state index is 12.7. The molecule has 8 nitrogen and oxygen atoms in total. The number of halogens is 1. The summed E-state index contributed by atoms with van der Waals surface area (Å²) in [5, 5.41) is 2.48. The molecule has 3 N–H and O–H groups in total. The van der Waals surface area contributed by atoms with E-state index < -0.39 is 11.8 Å². The van der Waals surface area contributed by atoms with Crippen molar-refractivity contribution >= 4 is 45.1 Å². The standard InChI is InChI=1S/C23H28BrN3O5S/c1-4-5-6-7-12-32-18-11-9-16(24)14-17(18)22(29)25-23(33)27-26-21(28)15-8-10-19(30-2)20(13-15)31-3/h8-11,13-14H,4-7,12H2,1-3H3,(H,26,28)(H2,25,27,29,33). The van der Waals surface area contributed by atoms with Gasteiger partial charge in [0, 0.05) is 10.0 Å². The molecule has 2 aromatic rings. The summed E-state index contributed by atoms with van der Waals surface area (Å²) in [6.07, 6.45) is 4.26. The zero-order valence-electron chi connectivity index (χ0n) is 18.8. The molecule has 0 aromatic heterocycles. The van der Waals surface area contributed by atoms with Gasteiger partial charge in [-0.3, -0.25) is 25.8 Å². The normalized spacial score (nSPS) is 10.2. The summed E-state index contributed by atoms with van der Waals surface area (Å²) in [7, 11) is 2.99. The van der Waals surface area contributed by atoms with E-state index in [0.717, 1.165) is 30.2 Å². The van der Waals surface area contributed by atoms with E-state index in [4.69, 9.17) is 26.4 Å². The highest BCUT2D eigenvalue weighted by Crippen LogP contribution is 2.27. The Kier molecular flexibility index (Phi) is 10.9. The number of hydrogen-bond donors (Lipinski definition) is 3. The second kappa shape index (κ2) is 13.6. The monoisotopic (exact) mass is 537 g/mol. The van der Waals surface area contributed by atoms with E-state index in [9.17, 15) is 9.59 Å². The number of hydrazine groups is 1. The third-order valence-electron chi connectivity index (χ3n) is 4.60. The van der Waals surface area contributed by atoms with Crippen LogP contribution in [-0.2, 0) is 0 Å². The number of carbonyl (C=O) groups excluding carboxylic acids is 2. The highest BCUT2D eigenvalue weighted by molar-refractivity contribution is 9.10. The van der Waals surface area contributed by atoms with Crippen LogP contribution in [0.1, 0.15) is 53.3 Å². The van der Waals surface area contributed by atoms with Crippen molar-refractivity contribution < 1.29 is 23.8 Å². The Morgan fingerprint density at radius 1 is 0.909 bits per heavy atom. The molecule has 2 amide bonds. The molecule has 178 valence electrons. The molecule has 2 rings (SSSR count). The summed E-state index contributed by atoms with van der Waals surface area (Å²) in [6.45, 7) is 2.66. The Bertz CT molecular complexity index is 987. The predicted molar refractivity (Wildman–Crippen MR) is 134 cm³/mol. The third-order valence-corrected chi connectivity index (χ3v) is 5.30. The fraction of sp³-hybridized carbons (Fsp3) is 0.348. The number of ether oxygens (including phenoxy) is 3. The van der Waals surface area contributed by atoms with Gasteiger partial charge < -0.3 is 14.2 Å². The lowest BCUT2D eigenvalue weighted by Crippen LogP contribution is -2.48. The van der Waals surface area contributed by atoms with E-state index in [1.54, 1.807) is 30.3 Å². The first-order valence-electron chi connectivity index (χ1n) is 10.5. The van der Waals surface area contributed by atoms with E-state index in [0.29, 0.717) is 35.0 Å². The SMILES string of the molecule is CCCCCCOc1ccc(Br)cc1C(=O)NC(=S)NNC(=O)c1ccc(OC)c(OC)c1. The van der Waals surface area contributed by atoms with Gasteiger partial charge in [-0.1, -0.05) is 42.1 Å². The van der Waals surface area contributed by atoms with E-state index in [1.165, 1.54) is 20.3 Å². The maximum absolute atomic E-state index is 12.7. The molecule has 0 unspecified atom stereocenters. The molecule has 0 spiro atoms. The lowest BCUT2D eigenvalue weighted by molar-refractivity contribution is 0.0933. The Labute approximate surface area is 207 Å². The molecule has 0 atom stereocenters. The van der Waals surface area contributed by atoms with Gasteiger partial charge in [-0.2, -0.15) is 0 Å². The van der Waals surface area contributed by atoms with Crippen molar-refractivity contribution in [1.29, 1.82) is 0 Å². The second-order valence-corrected chi connectivity index (χ2v) is 8.31. The van der Waals surface area contributed by atoms with Crippen molar-refractivity contribution in [3.05, 3.63) is 52.0 Å². The summed E-state index contributed by atoms with van der Waals surface area (Å²) < 4.78 is 16.9. The number of nitrogens with one attached hydrogen (secondary N) is 3. The summed E-state index contributed by atoms with van der Waals surface area (Å²) >= 11 is 8.51. The van der Waals surface area contributed by atoms with Gasteiger partial charge in [-0.25, -0.2) is 0 Å². The van der Waals surface area contributed by atoms with E-state index in [2.05, 4.69) is 39.0 Å². The first-order valence-corrected chi connectivity index (χ1v) is 11.7. The van der Waals surface area contributed by atoms with Gasteiger partial charge >= 0.3 is 0 Å².